The molecule has 1 aromatic heterocycles. The minimum absolute atomic E-state index is 0.0831. The number of carboxylic acid groups (broad SMARTS) is 1. The molecular weight excluding hydrogens is 450 g/mol. The zero-order chi connectivity index (χ0) is 24.6. The molecular formula is C23H20F2N4O5. The molecule has 9 nitrogen and oxygen atoms in total. The molecule has 0 aliphatic carbocycles. The Morgan fingerprint density at radius 2 is 1.85 bits per heavy atom. The predicted molar refractivity (Wildman–Crippen MR) is 116 cm³/mol. The van der Waals surface area contributed by atoms with Gasteiger partial charge in [-0.25, -0.2) is 18.4 Å². The minimum Gasteiger partial charge on any atom is -0.465 e. The largest absolute Gasteiger partial charge is 0.465 e. The topological polar surface area (TPSA) is 129 Å². The molecule has 2 aromatic carbocycles. The number of aromatic nitrogens is 1. The van der Waals surface area contributed by atoms with Crippen molar-refractivity contribution in [3.05, 3.63) is 58.6 Å². The average molecular weight is 470 g/mol. The van der Waals surface area contributed by atoms with E-state index >= 15 is 0 Å². The Labute approximate surface area is 191 Å². The number of hydrogen-bond donors (Lipinski definition) is 2. The van der Waals surface area contributed by atoms with Crippen LogP contribution >= 0.6 is 0 Å². The summed E-state index contributed by atoms with van der Waals surface area (Å²) in [4.78, 5) is 35.8. The van der Waals surface area contributed by atoms with Crippen molar-refractivity contribution >= 4 is 23.1 Å². The molecule has 0 saturated carbocycles. The van der Waals surface area contributed by atoms with E-state index in [4.69, 9.17) is 9.52 Å². The van der Waals surface area contributed by atoms with Crippen molar-refractivity contribution in [2.24, 2.45) is 12.5 Å². The molecule has 1 fully saturated rings. The van der Waals surface area contributed by atoms with Crippen LogP contribution in [0.2, 0.25) is 0 Å². The first-order valence-corrected chi connectivity index (χ1v) is 10.3. The Kier molecular flexibility index (Phi) is 5.83. The van der Waals surface area contributed by atoms with Crippen LogP contribution in [0.25, 0.3) is 22.2 Å². The van der Waals surface area contributed by atoms with Crippen molar-refractivity contribution < 1.29 is 27.9 Å². The highest BCUT2D eigenvalue weighted by atomic mass is 19.3. The van der Waals surface area contributed by atoms with Crippen LogP contribution < -0.4 is 11.1 Å². The van der Waals surface area contributed by atoms with E-state index in [1.165, 1.54) is 4.57 Å². The molecule has 0 radical (unpaired) electrons. The van der Waals surface area contributed by atoms with Crippen molar-refractivity contribution in [1.29, 1.82) is 5.26 Å². The number of oxazole rings is 1. The lowest BCUT2D eigenvalue weighted by Gasteiger charge is -2.46. The second-order valence-electron chi connectivity index (χ2n) is 8.26. The predicted octanol–water partition coefficient (Wildman–Crippen LogP) is 2.59. The van der Waals surface area contributed by atoms with E-state index in [9.17, 15) is 28.4 Å². The van der Waals surface area contributed by atoms with Crippen LogP contribution in [0.1, 0.15) is 5.56 Å². The minimum atomic E-state index is -3.06. The molecule has 1 aliphatic rings. The summed E-state index contributed by atoms with van der Waals surface area (Å²) in [7, 11) is 1.61. The molecule has 0 bridgehead atoms. The maximum atomic E-state index is 13.5. The SMILES string of the molecule is Cn1c(=O)oc2ccc(-c3ccc(CC(C#N)NC(=O)C4(C(F)F)CN(C(=O)O)C4)cc3)cc21. The third-order valence-corrected chi connectivity index (χ3v) is 6.07. The summed E-state index contributed by atoms with van der Waals surface area (Å²) in [6.07, 6.45) is -4.36. The molecule has 2 amide bonds. The molecule has 1 atom stereocenters. The molecule has 1 saturated heterocycles. The number of carbonyl (C=O) groups excluding carboxylic acids is 1. The van der Waals surface area contributed by atoms with Crippen LogP contribution in [0.3, 0.4) is 0 Å². The summed E-state index contributed by atoms with van der Waals surface area (Å²) in [5.74, 6) is -1.50. The Balaban J connectivity index is 1.45. The average Bonchev–Trinajstić information content (AvgIpc) is 3.05. The normalized spacial score (nSPS) is 15.6. The Morgan fingerprint density at radius 1 is 1.21 bits per heavy atom. The number of benzene rings is 2. The van der Waals surface area contributed by atoms with E-state index in [0.29, 0.717) is 16.7 Å². The van der Waals surface area contributed by atoms with Crippen LogP contribution in [-0.4, -0.2) is 52.1 Å². The van der Waals surface area contributed by atoms with Crippen molar-refractivity contribution in [2.45, 2.75) is 18.9 Å². The van der Waals surface area contributed by atoms with Gasteiger partial charge in [-0.15, -0.1) is 0 Å². The van der Waals surface area contributed by atoms with Gasteiger partial charge in [-0.1, -0.05) is 30.3 Å². The maximum Gasteiger partial charge on any atom is 0.419 e. The number of aryl methyl sites for hydroxylation is 1. The second kappa shape index (κ2) is 8.62. The van der Waals surface area contributed by atoms with Gasteiger partial charge in [-0.2, -0.15) is 5.26 Å². The fourth-order valence-corrected chi connectivity index (χ4v) is 3.96. The highest BCUT2D eigenvalue weighted by Gasteiger charge is 2.58. The summed E-state index contributed by atoms with van der Waals surface area (Å²) in [6.45, 7) is -1.24. The maximum absolute atomic E-state index is 13.5. The van der Waals surface area contributed by atoms with Crippen LogP contribution in [0.4, 0.5) is 13.6 Å². The highest BCUT2D eigenvalue weighted by molar-refractivity contribution is 5.87. The molecule has 1 aliphatic heterocycles. The monoisotopic (exact) mass is 470 g/mol. The highest BCUT2D eigenvalue weighted by Crippen LogP contribution is 2.37. The van der Waals surface area contributed by atoms with Gasteiger partial charge < -0.3 is 19.7 Å². The molecule has 34 heavy (non-hydrogen) atoms. The number of carbonyl (C=O) groups is 2. The quantitative estimate of drug-likeness (QED) is 0.570. The second-order valence-corrected chi connectivity index (χ2v) is 8.26. The van der Waals surface area contributed by atoms with Crippen LogP contribution in [0.15, 0.2) is 51.7 Å². The van der Waals surface area contributed by atoms with Gasteiger partial charge in [0.05, 0.1) is 11.6 Å². The van der Waals surface area contributed by atoms with E-state index < -0.39 is 48.7 Å². The first-order chi connectivity index (χ1) is 16.1. The standard InChI is InChI=1S/C23H20F2N4O5/c1-28-17-9-15(6-7-18(17)34-22(28)33)14-4-2-13(3-5-14)8-16(10-26)27-20(30)23(19(24)25)11-29(12-23)21(31)32/h2-7,9,16,19H,8,11-12H2,1H3,(H,27,30)(H,31,32). The summed E-state index contributed by atoms with van der Waals surface area (Å²) in [5, 5.41) is 20.7. The third-order valence-electron chi connectivity index (χ3n) is 6.07. The zero-order valence-electron chi connectivity index (χ0n) is 18.0. The number of alkyl halides is 2. The number of nitrogens with one attached hydrogen (secondary N) is 1. The molecule has 3 aromatic rings. The molecule has 2 heterocycles. The van der Waals surface area contributed by atoms with Gasteiger partial charge in [0.2, 0.25) is 5.91 Å². The van der Waals surface area contributed by atoms with E-state index in [0.717, 1.165) is 16.0 Å². The van der Waals surface area contributed by atoms with E-state index in [1.807, 2.05) is 24.3 Å². The summed E-state index contributed by atoms with van der Waals surface area (Å²) >= 11 is 0. The number of fused-ring (bicyclic) bond motifs is 1. The van der Waals surface area contributed by atoms with Gasteiger partial charge in [0.15, 0.2) is 5.58 Å². The molecule has 2 N–H and O–H groups in total. The lowest BCUT2D eigenvalue weighted by molar-refractivity contribution is -0.158. The number of halogens is 2. The molecule has 1 unspecified atom stereocenters. The Hall–Kier alpha value is -4.20. The summed E-state index contributed by atoms with van der Waals surface area (Å²) in [6, 6.07) is 13.3. The van der Waals surface area contributed by atoms with Crippen molar-refractivity contribution in [3.8, 4) is 17.2 Å². The first-order valence-electron chi connectivity index (χ1n) is 10.3. The van der Waals surface area contributed by atoms with E-state index in [1.54, 1.807) is 31.3 Å². The van der Waals surface area contributed by atoms with Crippen molar-refractivity contribution in [3.63, 3.8) is 0 Å². The molecule has 4 rings (SSSR count). The number of likely N-dealkylation sites (tertiary alicyclic amines) is 1. The fraction of sp³-hybridized carbons (Fsp3) is 0.304. The summed E-state index contributed by atoms with van der Waals surface area (Å²) in [5.41, 5.74) is 1.34. The molecule has 11 heteroatoms. The van der Waals surface area contributed by atoms with Gasteiger partial charge >= 0.3 is 11.8 Å². The Bertz CT molecular complexity index is 1350. The van der Waals surface area contributed by atoms with Gasteiger partial charge in [0.25, 0.3) is 6.43 Å². The molecule has 0 spiro atoms. The number of rotatable bonds is 6. The van der Waals surface area contributed by atoms with E-state index in [2.05, 4.69) is 5.32 Å². The van der Waals surface area contributed by atoms with Gasteiger partial charge in [-0.05, 0) is 28.8 Å². The number of amides is 2. The van der Waals surface area contributed by atoms with E-state index in [-0.39, 0.29) is 6.42 Å². The number of nitrogens with zero attached hydrogens (tertiary/aromatic N) is 3. The van der Waals surface area contributed by atoms with Crippen molar-refractivity contribution in [1.82, 2.24) is 14.8 Å². The fourth-order valence-electron chi connectivity index (χ4n) is 3.96. The van der Waals surface area contributed by atoms with Crippen LogP contribution in [-0.2, 0) is 18.3 Å². The zero-order valence-corrected chi connectivity index (χ0v) is 18.0. The van der Waals surface area contributed by atoms with Gasteiger partial charge in [0.1, 0.15) is 11.5 Å². The lowest BCUT2D eigenvalue weighted by Crippen LogP contribution is -2.68. The summed E-state index contributed by atoms with van der Waals surface area (Å²) < 4.78 is 33.6. The van der Waals surface area contributed by atoms with Gasteiger partial charge in [-0.3, -0.25) is 9.36 Å². The number of hydrogen-bond acceptors (Lipinski definition) is 5. The van der Waals surface area contributed by atoms with Crippen molar-refractivity contribution in [2.75, 3.05) is 13.1 Å². The Morgan fingerprint density at radius 3 is 2.44 bits per heavy atom. The van der Waals surface area contributed by atoms with Crippen LogP contribution in [0, 0.1) is 16.7 Å². The lowest BCUT2D eigenvalue weighted by atomic mass is 9.79. The smallest absolute Gasteiger partial charge is 0.419 e. The first kappa shape index (κ1) is 23.0. The van der Waals surface area contributed by atoms with Gasteiger partial charge in [0, 0.05) is 26.6 Å². The third kappa shape index (κ3) is 3.98. The van der Waals surface area contributed by atoms with Crippen LogP contribution in [0.5, 0.6) is 0 Å². The molecule has 176 valence electrons. The number of nitriles is 1.